The molecule has 0 spiro atoms. The Hall–Kier alpha value is -2.89. The molecular formula is C26H32N2O4. The fourth-order valence-corrected chi connectivity index (χ4v) is 5.11. The minimum Gasteiger partial charge on any atom is -0.467 e. The van der Waals surface area contributed by atoms with Crippen LogP contribution in [0, 0.1) is 5.92 Å². The van der Waals surface area contributed by atoms with Gasteiger partial charge in [-0.2, -0.15) is 0 Å². The summed E-state index contributed by atoms with van der Waals surface area (Å²) in [6.45, 7) is 0.682. The summed E-state index contributed by atoms with van der Waals surface area (Å²) in [4.78, 5) is 39.2. The van der Waals surface area contributed by atoms with Crippen LogP contribution in [0.25, 0.3) is 0 Å². The first-order valence-electron chi connectivity index (χ1n) is 11.8. The predicted molar refractivity (Wildman–Crippen MR) is 123 cm³/mol. The number of nitrogens with one attached hydrogen (secondary N) is 1. The summed E-state index contributed by atoms with van der Waals surface area (Å²) in [6.07, 6.45) is 9.84. The number of hydrogen-bond donors (Lipinski definition) is 1. The van der Waals surface area contributed by atoms with Crippen molar-refractivity contribution in [3.8, 4) is 0 Å². The lowest BCUT2D eigenvalue weighted by atomic mass is 9.88. The van der Waals surface area contributed by atoms with Crippen molar-refractivity contribution in [2.75, 3.05) is 7.11 Å². The summed E-state index contributed by atoms with van der Waals surface area (Å²) in [5.41, 5.74) is 2.67. The lowest BCUT2D eigenvalue weighted by Crippen LogP contribution is -2.40. The van der Waals surface area contributed by atoms with Gasteiger partial charge in [0.15, 0.2) is 6.04 Å². The molecule has 4 rings (SSSR count). The van der Waals surface area contributed by atoms with Crippen LogP contribution >= 0.6 is 0 Å². The molecule has 0 bridgehead atoms. The third-order valence-electron chi connectivity index (χ3n) is 6.86. The van der Waals surface area contributed by atoms with E-state index >= 15 is 0 Å². The number of amides is 1. The first-order chi connectivity index (χ1) is 15.6. The van der Waals surface area contributed by atoms with Crippen LogP contribution < -0.4 is 10.9 Å². The second-order valence-corrected chi connectivity index (χ2v) is 9.00. The predicted octanol–water partition coefficient (Wildman–Crippen LogP) is 3.95. The lowest BCUT2D eigenvalue weighted by molar-refractivity contribution is -0.143. The Morgan fingerprint density at radius 3 is 2.50 bits per heavy atom. The van der Waals surface area contributed by atoms with Gasteiger partial charge in [-0.15, -0.1) is 0 Å². The smallest absolute Gasteiger partial charge is 0.333 e. The molecule has 1 N–H and O–H groups in total. The number of hydrogen-bond acceptors (Lipinski definition) is 4. The van der Waals surface area contributed by atoms with Crippen molar-refractivity contribution in [2.45, 2.75) is 70.4 Å². The van der Waals surface area contributed by atoms with E-state index in [1.807, 2.05) is 10.6 Å². The standard InChI is InChI=1S/C26H32N2O4/c1-32-26(31)23(19-12-6-3-7-13-19)27-24(29)21-16-20-14-8-9-15-22(20)28(25(21)30)17-18-10-4-2-5-11-18/h3,6-7,12-13,16,18,23H,2,4-5,8-11,14-15,17H2,1H3,(H,27,29)/t23-/m0/s1. The number of benzene rings is 1. The van der Waals surface area contributed by atoms with Crippen molar-refractivity contribution >= 4 is 11.9 Å². The van der Waals surface area contributed by atoms with Gasteiger partial charge in [-0.25, -0.2) is 4.79 Å². The topological polar surface area (TPSA) is 77.4 Å². The summed E-state index contributed by atoms with van der Waals surface area (Å²) in [5, 5.41) is 2.75. The highest BCUT2D eigenvalue weighted by Crippen LogP contribution is 2.27. The fourth-order valence-electron chi connectivity index (χ4n) is 5.11. The number of esters is 1. The zero-order valence-electron chi connectivity index (χ0n) is 18.8. The van der Waals surface area contributed by atoms with E-state index < -0.39 is 17.9 Å². The Kier molecular flexibility index (Phi) is 7.08. The van der Waals surface area contributed by atoms with Crippen molar-refractivity contribution in [2.24, 2.45) is 5.92 Å². The number of rotatable bonds is 6. The highest BCUT2D eigenvalue weighted by atomic mass is 16.5. The Morgan fingerprint density at radius 1 is 1.06 bits per heavy atom. The molecule has 0 saturated heterocycles. The Labute approximate surface area is 189 Å². The Morgan fingerprint density at radius 2 is 1.78 bits per heavy atom. The van der Waals surface area contributed by atoms with Gasteiger partial charge in [0, 0.05) is 12.2 Å². The number of methoxy groups -OCH3 is 1. The lowest BCUT2D eigenvalue weighted by Gasteiger charge is -2.27. The van der Waals surface area contributed by atoms with Crippen LogP contribution in [0.15, 0.2) is 41.2 Å². The third kappa shape index (κ3) is 4.79. The molecule has 170 valence electrons. The van der Waals surface area contributed by atoms with Gasteiger partial charge in [0.2, 0.25) is 0 Å². The number of pyridine rings is 1. The van der Waals surface area contributed by atoms with Gasteiger partial charge >= 0.3 is 5.97 Å². The van der Waals surface area contributed by atoms with Crippen molar-refractivity contribution in [3.63, 3.8) is 0 Å². The molecule has 1 amide bonds. The first kappa shape index (κ1) is 22.3. The minimum absolute atomic E-state index is 0.117. The maximum Gasteiger partial charge on any atom is 0.333 e. The number of ether oxygens (including phenoxy) is 1. The molecule has 2 aliphatic carbocycles. The van der Waals surface area contributed by atoms with Crippen LogP contribution in [0.3, 0.4) is 0 Å². The van der Waals surface area contributed by atoms with Gasteiger partial charge in [-0.05, 0) is 61.6 Å². The molecule has 1 aromatic carbocycles. The molecule has 1 heterocycles. The van der Waals surface area contributed by atoms with E-state index in [1.54, 1.807) is 30.3 Å². The Balaban J connectivity index is 1.67. The number of carbonyl (C=O) groups excluding carboxylic acids is 2. The monoisotopic (exact) mass is 436 g/mol. The van der Waals surface area contributed by atoms with Gasteiger partial charge in [-0.1, -0.05) is 49.6 Å². The number of aryl methyl sites for hydroxylation is 1. The molecule has 32 heavy (non-hydrogen) atoms. The van der Waals surface area contributed by atoms with E-state index in [0.29, 0.717) is 18.0 Å². The Bertz CT molecular complexity index is 1020. The highest BCUT2D eigenvalue weighted by Gasteiger charge is 2.28. The molecular weight excluding hydrogens is 404 g/mol. The maximum atomic E-state index is 13.5. The van der Waals surface area contributed by atoms with Crippen molar-refractivity contribution < 1.29 is 14.3 Å². The van der Waals surface area contributed by atoms with E-state index in [2.05, 4.69) is 5.32 Å². The largest absolute Gasteiger partial charge is 0.467 e. The van der Waals surface area contributed by atoms with Crippen LogP contribution in [0.4, 0.5) is 0 Å². The van der Waals surface area contributed by atoms with E-state index in [4.69, 9.17) is 4.74 Å². The van der Waals surface area contributed by atoms with Crippen LogP contribution in [0.5, 0.6) is 0 Å². The second kappa shape index (κ2) is 10.2. The van der Waals surface area contributed by atoms with Gasteiger partial charge < -0.3 is 14.6 Å². The first-order valence-corrected chi connectivity index (χ1v) is 11.8. The quantitative estimate of drug-likeness (QED) is 0.696. The number of nitrogens with zero attached hydrogens (tertiary/aromatic N) is 1. The molecule has 1 atom stereocenters. The molecule has 0 aliphatic heterocycles. The second-order valence-electron chi connectivity index (χ2n) is 9.00. The molecule has 0 unspecified atom stereocenters. The summed E-state index contributed by atoms with van der Waals surface area (Å²) in [7, 11) is 1.29. The number of fused-ring (bicyclic) bond motifs is 1. The van der Waals surface area contributed by atoms with Gasteiger partial charge in [0.1, 0.15) is 5.56 Å². The summed E-state index contributed by atoms with van der Waals surface area (Å²) in [6, 6.07) is 9.75. The highest BCUT2D eigenvalue weighted by molar-refractivity contribution is 5.97. The average molecular weight is 437 g/mol. The third-order valence-corrected chi connectivity index (χ3v) is 6.86. The SMILES string of the molecule is COC(=O)[C@@H](NC(=O)c1cc2c(n(CC3CCCCC3)c1=O)CCCC2)c1ccccc1. The van der Waals surface area contributed by atoms with E-state index in [0.717, 1.165) is 49.8 Å². The van der Waals surface area contributed by atoms with Crippen molar-refractivity contribution in [3.05, 3.63) is 69.1 Å². The van der Waals surface area contributed by atoms with Gasteiger partial charge in [0.05, 0.1) is 7.11 Å². The van der Waals surface area contributed by atoms with Gasteiger partial charge in [-0.3, -0.25) is 9.59 Å². The normalized spacial score (nSPS) is 17.3. The van der Waals surface area contributed by atoms with E-state index in [9.17, 15) is 14.4 Å². The van der Waals surface area contributed by atoms with Crippen LogP contribution in [-0.2, 0) is 28.9 Å². The zero-order chi connectivity index (χ0) is 22.5. The van der Waals surface area contributed by atoms with E-state index in [-0.39, 0.29) is 11.1 Å². The molecule has 1 fully saturated rings. The molecule has 1 saturated carbocycles. The number of aromatic nitrogens is 1. The van der Waals surface area contributed by atoms with Gasteiger partial charge in [0.25, 0.3) is 11.5 Å². The number of carbonyl (C=O) groups is 2. The fraction of sp³-hybridized carbons (Fsp3) is 0.500. The summed E-state index contributed by atoms with van der Waals surface area (Å²) < 4.78 is 6.78. The molecule has 2 aliphatic rings. The minimum atomic E-state index is -0.962. The van der Waals surface area contributed by atoms with E-state index in [1.165, 1.54) is 26.4 Å². The van der Waals surface area contributed by atoms with Crippen molar-refractivity contribution in [1.29, 1.82) is 0 Å². The maximum absolute atomic E-state index is 13.5. The molecule has 2 aromatic rings. The van der Waals surface area contributed by atoms with Crippen LogP contribution in [0.2, 0.25) is 0 Å². The molecule has 6 heteroatoms. The van der Waals surface area contributed by atoms with Crippen LogP contribution in [0.1, 0.15) is 78.2 Å². The summed E-state index contributed by atoms with van der Waals surface area (Å²) >= 11 is 0. The zero-order valence-corrected chi connectivity index (χ0v) is 18.8. The molecule has 6 nitrogen and oxygen atoms in total. The molecule has 1 aromatic heterocycles. The summed E-state index contributed by atoms with van der Waals surface area (Å²) in [5.74, 6) is -0.608. The average Bonchev–Trinajstić information content (AvgIpc) is 2.84. The molecule has 0 radical (unpaired) electrons. The van der Waals surface area contributed by atoms with Crippen molar-refractivity contribution in [1.82, 2.24) is 9.88 Å². The van der Waals surface area contributed by atoms with Crippen LogP contribution in [-0.4, -0.2) is 23.6 Å².